The first-order valence-electron chi connectivity index (χ1n) is 11.6. The molecule has 3 rings (SSSR count). The van der Waals surface area contributed by atoms with Crippen LogP contribution in [0.5, 0.6) is 5.75 Å². The summed E-state index contributed by atoms with van der Waals surface area (Å²) in [5.41, 5.74) is 6.81. The molecule has 1 atom stereocenters. The Kier molecular flexibility index (Phi) is 8.08. The largest absolute Gasteiger partial charge is 0.496 e. The molecule has 1 fully saturated rings. The second-order valence-electron chi connectivity index (χ2n) is 8.17. The van der Waals surface area contributed by atoms with Gasteiger partial charge >= 0.3 is 5.97 Å². The highest BCUT2D eigenvalue weighted by Gasteiger charge is 2.31. The van der Waals surface area contributed by atoms with Crippen LogP contribution in [0.4, 0.5) is 0 Å². The van der Waals surface area contributed by atoms with Gasteiger partial charge in [-0.1, -0.05) is 38.5 Å². The topological polar surface area (TPSA) is 51.7 Å². The molecule has 0 saturated carbocycles. The molecule has 1 aromatic carbocycles. The molecule has 2 heterocycles. The molecule has 1 aromatic heterocycles. The molecule has 2 aromatic rings. The predicted molar refractivity (Wildman–Crippen MR) is 124 cm³/mol. The zero-order valence-corrected chi connectivity index (χ0v) is 19.7. The van der Waals surface area contributed by atoms with Crippen molar-refractivity contribution in [3.8, 4) is 17.0 Å². The number of esters is 1. The molecule has 0 N–H and O–H groups in total. The van der Waals surface area contributed by atoms with Crippen LogP contribution in [0.1, 0.15) is 62.4 Å². The maximum absolute atomic E-state index is 12.5. The van der Waals surface area contributed by atoms with Gasteiger partial charge in [-0.25, -0.2) is 0 Å². The number of benzene rings is 1. The Hall–Kier alpha value is -2.40. The molecule has 0 aliphatic carbocycles. The van der Waals surface area contributed by atoms with Crippen molar-refractivity contribution in [2.45, 2.75) is 72.4 Å². The van der Waals surface area contributed by atoms with E-state index in [2.05, 4.69) is 43.0 Å². The summed E-state index contributed by atoms with van der Waals surface area (Å²) in [5.74, 6) is 0.719. The standard InChI is InChI=1S/C26H36N2O3/c1-6-19-12-11-13-20(7-2)25(19)22-16-24(30-5)21(18(4)27-22)17-28-15-10-9-14-23(28)26(29)31-8-3/h11-13,16,23H,6-10,14-15,17H2,1-5H3. The molecule has 31 heavy (non-hydrogen) atoms. The average Bonchev–Trinajstić information content (AvgIpc) is 2.80. The van der Waals surface area contributed by atoms with Crippen LogP contribution in [0.3, 0.4) is 0 Å². The minimum atomic E-state index is -0.190. The highest BCUT2D eigenvalue weighted by molar-refractivity contribution is 5.76. The van der Waals surface area contributed by atoms with Crippen LogP contribution in [0.25, 0.3) is 11.3 Å². The van der Waals surface area contributed by atoms with Gasteiger partial charge in [0.1, 0.15) is 11.8 Å². The second-order valence-corrected chi connectivity index (χ2v) is 8.17. The number of likely N-dealkylation sites (tertiary alicyclic amines) is 1. The number of hydrogen-bond acceptors (Lipinski definition) is 5. The number of aryl methyl sites for hydroxylation is 3. The summed E-state index contributed by atoms with van der Waals surface area (Å²) in [7, 11) is 1.72. The van der Waals surface area contributed by atoms with Gasteiger partial charge in [0.15, 0.2) is 0 Å². The van der Waals surface area contributed by atoms with Crippen molar-refractivity contribution in [2.24, 2.45) is 0 Å². The van der Waals surface area contributed by atoms with Gasteiger partial charge in [-0.05, 0) is 57.2 Å². The van der Waals surface area contributed by atoms with Gasteiger partial charge in [0.05, 0.1) is 19.4 Å². The molecular weight excluding hydrogens is 388 g/mol. The van der Waals surface area contributed by atoms with Crippen molar-refractivity contribution in [1.29, 1.82) is 0 Å². The normalized spacial score (nSPS) is 16.9. The number of ether oxygens (including phenoxy) is 2. The molecule has 1 aliphatic rings. The lowest BCUT2D eigenvalue weighted by Crippen LogP contribution is -2.45. The average molecular weight is 425 g/mol. The summed E-state index contributed by atoms with van der Waals surface area (Å²) in [6.07, 6.45) is 4.91. The number of piperidine rings is 1. The molecule has 5 heteroatoms. The molecule has 5 nitrogen and oxygen atoms in total. The number of pyridine rings is 1. The van der Waals surface area contributed by atoms with E-state index < -0.39 is 0 Å². The molecule has 1 saturated heterocycles. The SMILES string of the molecule is CCOC(=O)C1CCCCN1Cc1c(OC)cc(-c2c(CC)cccc2CC)nc1C. The number of aromatic nitrogens is 1. The molecule has 1 aliphatic heterocycles. The van der Waals surface area contributed by atoms with E-state index in [1.807, 2.05) is 13.8 Å². The minimum absolute atomic E-state index is 0.118. The van der Waals surface area contributed by atoms with Crippen molar-refractivity contribution in [2.75, 3.05) is 20.3 Å². The number of hydrogen-bond donors (Lipinski definition) is 0. The number of carbonyl (C=O) groups is 1. The first kappa shape index (κ1) is 23.3. The van der Waals surface area contributed by atoms with Crippen molar-refractivity contribution >= 4 is 5.97 Å². The van der Waals surface area contributed by atoms with Gasteiger partial charge < -0.3 is 9.47 Å². The fraction of sp³-hybridized carbons (Fsp3) is 0.538. The van der Waals surface area contributed by atoms with Gasteiger partial charge in [-0.2, -0.15) is 0 Å². The van der Waals surface area contributed by atoms with Crippen molar-refractivity contribution in [1.82, 2.24) is 9.88 Å². The van der Waals surface area contributed by atoms with Gasteiger partial charge in [0.2, 0.25) is 0 Å². The van der Waals surface area contributed by atoms with Crippen molar-refractivity contribution < 1.29 is 14.3 Å². The Labute approximate surface area is 186 Å². The van der Waals surface area contributed by atoms with E-state index in [0.717, 1.165) is 61.3 Å². The van der Waals surface area contributed by atoms with Gasteiger partial charge in [-0.3, -0.25) is 14.7 Å². The van der Waals surface area contributed by atoms with Crippen molar-refractivity contribution in [3.63, 3.8) is 0 Å². The van der Waals surface area contributed by atoms with E-state index in [0.29, 0.717) is 13.2 Å². The lowest BCUT2D eigenvalue weighted by Gasteiger charge is -2.34. The predicted octanol–water partition coefficient (Wildman–Crippen LogP) is 5.11. The number of methoxy groups -OCH3 is 1. The Morgan fingerprint density at radius 3 is 2.48 bits per heavy atom. The van der Waals surface area contributed by atoms with Gasteiger partial charge in [0.25, 0.3) is 0 Å². The first-order valence-corrected chi connectivity index (χ1v) is 11.6. The molecule has 0 amide bonds. The third kappa shape index (κ3) is 5.09. The van der Waals surface area contributed by atoms with E-state index in [1.165, 1.54) is 16.7 Å². The highest BCUT2D eigenvalue weighted by Crippen LogP contribution is 2.34. The fourth-order valence-corrected chi connectivity index (χ4v) is 4.63. The number of carbonyl (C=O) groups excluding carboxylic acids is 1. The quantitative estimate of drug-likeness (QED) is 0.551. The summed E-state index contributed by atoms with van der Waals surface area (Å²) in [6, 6.07) is 8.38. The van der Waals surface area contributed by atoms with Crippen LogP contribution in [0, 0.1) is 6.92 Å². The highest BCUT2D eigenvalue weighted by atomic mass is 16.5. The molecule has 1 unspecified atom stereocenters. The lowest BCUT2D eigenvalue weighted by atomic mass is 9.94. The Morgan fingerprint density at radius 2 is 1.87 bits per heavy atom. The third-order valence-corrected chi connectivity index (χ3v) is 6.30. The number of nitrogens with zero attached hydrogens (tertiary/aromatic N) is 2. The summed E-state index contributed by atoms with van der Waals surface area (Å²) in [4.78, 5) is 19.8. The zero-order valence-electron chi connectivity index (χ0n) is 19.7. The van der Waals surface area contributed by atoms with Crippen LogP contribution >= 0.6 is 0 Å². The molecule has 168 valence electrons. The summed E-state index contributed by atoms with van der Waals surface area (Å²) in [6.45, 7) is 10.2. The fourth-order valence-electron chi connectivity index (χ4n) is 4.63. The molecule has 0 radical (unpaired) electrons. The maximum Gasteiger partial charge on any atom is 0.323 e. The van der Waals surface area contributed by atoms with Gasteiger partial charge in [-0.15, -0.1) is 0 Å². The Morgan fingerprint density at radius 1 is 1.16 bits per heavy atom. The Balaban J connectivity index is 1.98. The van der Waals surface area contributed by atoms with E-state index in [9.17, 15) is 4.79 Å². The van der Waals surface area contributed by atoms with Crippen LogP contribution in [-0.4, -0.2) is 42.2 Å². The minimum Gasteiger partial charge on any atom is -0.496 e. The summed E-state index contributed by atoms with van der Waals surface area (Å²) >= 11 is 0. The van der Waals surface area contributed by atoms with E-state index in [-0.39, 0.29) is 12.0 Å². The van der Waals surface area contributed by atoms with Crippen LogP contribution < -0.4 is 4.74 Å². The zero-order chi connectivity index (χ0) is 22.4. The van der Waals surface area contributed by atoms with Crippen LogP contribution in [-0.2, 0) is 28.9 Å². The van der Waals surface area contributed by atoms with E-state index >= 15 is 0 Å². The maximum atomic E-state index is 12.5. The Bertz CT molecular complexity index is 888. The van der Waals surface area contributed by atoms with Gasteiger partial charge in [0, 0.05) is 29.4 Å². The van der Waals surface area contributed by atoms with Crippen LogP contribution in [0.2, 0.25) is 0 Å². The van der Waals surface area contributed by atoms with E-state index in [1.54, 1.807) is 7.11 Å². The lowest BCUT2D eigenvalue weighted by molar-refractivity contribution is -0.151. The monoisotopic (exact) mass is 424 g/mol. The van der Waals surface area contributed by atoms with Crippen molar-refractivity contribution in [3.05, 3.63) is 46.6 Å². The summed E-state index contributed by atoms with van der Waals surface area (Å²) < 4.78 is 11.2. The molecule has 0 spiro atoms. The molecular formula is C26H36N2O3. The smallest absolute Gasteiger partial charge is 0.323 e. The van der Waals surface area contributed by atoms with Crippen LogP contribution in [0.15, 0.2) is 24.3 Å². The molecule has 0 bridgehead atoms. The first-order chi connectivity index (χ1) is 15.0. The van der Waals surface area contributed by atoms with E-state index in [4.69, 9.17) is 14.5 Å². The number of rotatable bonds is 8. The third-order valence-electron chi connectivity index (χ3n) is 6.30. The summed E-state index contributed by atoms with van der Waals surface area (Å²) in [5, 5.41) is 0. The second kappa shape index (κ2) is 10.8.